The molecule has 0 saturated carbocycles. The Balaban J connectivity index is 1.55. The van der Waals surface area contributed by atoms with Gasteiger partial charge in [0.05, 0.1) is 13.2 Å². The van der Waals surface area contributed by atoms with Gasteiger partial charge in [0.25, 0.3) is 5.91 Å². The van der Waals surface area contributed by atoms with Crippen molar-refractivity contribution >= 4 is 17.7 Å². The number of urea groups is 1. The third-order valence-electron chi connectivity index (χ3n) is 6.09. The van der Waals surface area contributed by atoms with Gasteiger partial charge in [0.2, 0.25) is 0 Å². The van der Waals surface area contributed by atoms with Crippen LogP contribution in [0.25, 0.3) is 0 Å². The van der Waals surface area contributed by atoms with Crippen LogP contribution in [0.15, 0.2) is 24.3 Å². The van der Waals surface area contributed by atoms with Crippen molar-refractivity contribution in [2.75, 3.05) is 33.5 Å². The summed E-state index contributed by atoms with van der Waals surface area (Å²) >= 11 is 0. The van der Waals surface area contributed by atoms with Gasteiger partial charge in [0, 0.05) is 30.6 Å². The Bertz CT molecular complexity index is 1090. The van der Waals surface area contributed by atoms with Crippen molar-refractivity contribution in [2.24, 2.45) is 0 Å². The lowest BCUT2D eigenvalue weighted by Crippen LogP contribution is -2.41. The van der Waals surface area contributed by atoms with E-state index in [2.05, 4.69) is 5.32 Å². The first-order valence-corrected chi connectivity index (χ1v) is 10.5. The van der Waals surface area contributed by atoms with E-state index in [1.54, 1.807) is 38.3 Å². The van der Waals surface area contributed by atoms with Gasteiger partial charge >= 0.3 is 6.03 Å². The maximum absolute atomic E-state index is 13.3. The number of carbonyl (C=O) groups excluding carboxylic acids is 3. The highest BCUT2D eigenvalue weighted by atomic mass is 16.6. The summed E-state index contributed by atoms with van der Waals surface area (Å²) in [5, 5.41) is 2.74. The Kier molecular flexibility index (Phi) is 5.68. The molecular weight excluding hydrogens is 414 g/mol. The maximum atomic E-state index is 13.3. The van der Waals surface area contributed by atoms with Gasteiger partial charge in [0.1, 0.15) is 18.8 Å². The first-order chi connectivity index (χ1) is 15.3. The smallest absolute Gasteiger partial charge is 0.325 e. The summed E-state index contributed by atoms with van der Waals surface area (Å²) in [5.41, 5.74) is 1.45. The van der Waals surface area contributed by atoms with Crippen LogP contribution < -0.4 is 14.8 Å². The van der Waals surface area contributed by atoms with E-state index in [4.69, 9.17) is 14.2 Å². The second kappa shape index (κ2) is 8.31. The summed E-state index contributed by atoms with van der Waals surface area (Å²) in [4.78, 5) is 40.0. The highest BCUT2D eigenvalue weighted by Crippen LogP contribution is 2.37. The Morgan fingerprint density at radius 3 is 2.59 bits per heavy atom. The Morgan fingerprint density at radius 2 is 1.88 bits per heavy atom. The number of amides is 3. The molecule has 32 heavy (non-hydrogen) atoms. The molecule has 0 bridgehead atoms. The molecule has 1 aromatic heterocycles. The van der Waals surface area contributed by atoms with Crippen LogP contribution in [-0.2, 0) is 21.6 Å². The summed E-state index contributed by atoms with van der Waals surface area (Å²) in [7, 11) is 1.62. The first kappa shape index (κ1) is 21.9. The van der Waals surface area contributed by atoms with E-state index >= 15 is 0 Å². The molecule has 0 spiro atoms. The third kappa shape index (κ3) is 3.62. The minimum atomic E-state index is -1.30. The number of carbonyl (C=O) groups is 3. The molecule has 4 rings (SSSR count). The molecule has 0 aliphatic carbocycles. The highest BCUT2D eigenvalue weighted by Gasteiger charge is 2.50. The molecule has 0 radical (unpaired) electrons. The van der Waals surface area contributed by atoms with Crippen molar-refractivity contribution in [2.45, 2.75) is 32.9 Å². The molecule has 1 saturated heterocycles. The normalized spacial score (nSPS) is 19.9. The molecule has 2 aliphatic heterocycles. The SMILES string of the molecule is COCCn1c(C)cc(C(=O)CN2C(=O)N[C@](C)(c3ccc4c(c3)OCCO4)C2=O)c1C. The van der Waals surface area contributed by atoms with E-state index in [-0.39, 0.29) is 12.3 Å². The molecule has 2 aromatic rings. The number of aryl methyl sites for hydroxylation is 1. The van der Waals surface area contributed by atoms with Gasteiger partial charge in [-0.25, -0.2) is 4.79 Å². The second-order valence-corrected chi connectivity index (χ2v) is 8.16. The lowest BCUT2D eigenvalue weighted by atomic mass is 9.91. The number of nitrogens with one attached hydrogen (secondary N) is 1. The van der Waals surface area contributed by atoms with Crippen molar-refractivity contribution < 1.29 is 28.6 Å². The van der Waals surface area contributed by atoms with E-state index < -0.39 is 17.5 Å². The van der Waals surface area contributed by atoms with Crippen LogP contribution >= 0.6 is 0 Å². The fourth-order valence-corrected chi connectivity index (χ4v) is 4.23. The topological polar surface area (TPSA) is 99.1 Å². The van der Waals surface area contributed by atoms with E-state index in [9.17, 15) is 14.4 Å². The third-order valence-corrected chi connectivity index (χ3v) is 6.09. The van der Waals surface area contributed by atoms with Gasteiger partial charge in [-0.2, -0.15) is 0 Å². The zero-order chi connectivity index (χ0) is 23.0. The summed E-state index contributed by atoms with van der Waals surface area (Å²) in [6.07, 6.45) is 0. The average molecular weight is 441 g/mol. The lowest BCUT2D eigenvalue weighted by Gasteiger charge is -2.25. The van der Waals surface area contributed by atoms with E-state index in [1.807, 2.05) is 18.4 Å². The Labute approximate surface area is 186 Å². The van der Waals surface area contributed by atoms with E-state index in [0.29, 0.717) is 49.0 Å². The van der Waals surface area contributed by atoms with Crippen molar-refractivity contribution in [1.82, 2.24) is 14.8 Å². The predicted molar refractivity (Wildman–Crippen MR) is 115 cm³/mol. The molecule has 9 heteroatoms. The molecule has 9 nitrogen and oxygen atoms in total. The number of Topliss-reactive ketones (excluding diaryl/α,β-unsaturated/α-hetero) is 1. The molecule has 3 heterocycles. The molecule has 170 valence electrons. The largest absolute Gasteiger partial charge is 0.486 e. The summed E-state index contributed by atoms with van der Waals surface area (Å²) < 4.78 is 18.3. The van der Waals surface area contributed by atoms with Crippen LogP contribution in [0.1, 0.15) is 34.2 Å². The Hall–Kier alpha value is -3.33. The van der Waals surface area contributed by atoms with E-state index in [0.717, 1.165) is 16.3 Å². The molecule has 0 unspecified atom stereocenters. The predicted octanol–water partition coefficient (Wildman–Crippen LogP) is 2.17. The monoisotopic (exact) mass is 441 g/mol. The molecular formula is C23H27N3O6. The van der Waals surface area contributed by atoms with Crippen LogP contribution in [0.3, 0.4) is 0 Å². The molecule has 1 aromatic carbocycles. The summed E-state index contributed by atoms with van der Waals surface area (Å²) in [5.74, 6) is 0.337. The van der Waals surface area contributed by atoms with Crippen LogP contribution in [0, 0.1) is 13.8 Å². The van der Waals surface area contributed by atoms with Crippen molar-refractivity contribution in [1.29, 1.82) is 0 Å². The number of fused-ring (bicyclic) bond motifs is 1. The van der Waals surface area contributed by atoms with Gasteiger partial charge in [-0.05, 0) is 44.5 Å². The van der Waals surface area contributed by atoms with Crippen LogP contribution in [0.5, 0.6) is 11.5 Å². The fraction of sp³-hybridized carbons (Fsp3) is 0.435. The number of methoxy groups -OCH3 is 1. The lowest BCUT2D eigenvalue weighted by molar-refractivity contribution is -0.130. The molecule has 1 atom stereocenters. The van der Waals surface area contributed by atoms with Crippen LogP contribution in [-0.4, -0.2) is 60.7 Å². The average Bonchev–Trinajstić information content (AvgIpc) is 3.19. The van der Waals surface area contributed by atoms with Gasteiger partial charge in [-0.1, -0.05) is 6.07 Å². The number of ether oxygens (including phenoxy) is 3. The number of hydrogen-bond donors (Lipinski definition) is 1. The number of nitrogens with zero attached hydrogens (tertiary/aromatic N) is 2. The summed E-state index contributed by atoms with van der Waals surface area (Å²) in [6.45, 7) is 7.06. The second-order valence-electron chi connectivity index (χ2n) is 8.16. The zero-order valence-corrected chi connectivity index (χ0v) is 18.7. The molecule has 3 amide bonds. The van der Waals surface area contributed by atoms with Gasteiger partial charge in [-0.15, -0.1) is 0 Å². The number of aromatic nitrogens is 1. The number of imide groups is 1. The van der Waals surface area contributed by atoms with Gasteiger partial charge < -0.3 is 24.1 Å². The first-order valence-electron chi connectivity index (χ1n) is 10.5. The van der Waals surface area contributed by atoms with Crippen molar-refractivity contribution in [3.63, 3.8) is 0 Å². The molecule has 1 fully saturated rings. The maximum Gasteiger partial charge on any atom is 0.325 e. The minimum absolute atomic E-state index is 0.295. The minimum Gasteiger partial charge on any atom is -0.486 e. The van der Waals surface area contributed by atoms with Crippen molar-refractivity contribution in [3.05, 3.63) is 46.8 Å². The molecule has 2 aliphatic rings. The number of rotatable bonds is 7. The van der Waals surface area contributed by atoms with Crippen molar-refractivity contribution in [3.8, 4) is 11.5 Å². The van der Waals surface area contributed by atoms with Crippen LogP contribution in [0.4, 0.5) is 4.79 Å². The zero-order valence-electron chi connectivity index (χ0n) is 18.7. The fourth-order valence-electron chi connectivity index (χ4n) is 4.23. The number of ketones is 1. The summed E-state index contributed by atoms with van der Waals surface area (Å²) in [6, 6.07) is 6.32. The standard InChI is InChI=1S/C23H27N3O6/c1-14-11-17(15(2)25(14)7-8-30-4)18(27)13-26-21(28)23(3,24-22(26)29)16-5-6-19-20(12-16)32-10-9-31-19/h5-6,11-12H,7-10,13H2,1-4H3,(H,24,29)/t23-/m1/s1. The number of benzene rings is 1. The molecule has 1 N–H and O–H groups in total. The Morgan fingerprint density at radius 1 is 1.16 bits per heavy atom. The van der Waals surface area contributed by atoms with Crippen LogP contribution in [0.2, 0.25) is 0 Å². The highest BCUT2D eigenvalue weighted by molar-refractivity contribution is 6.11. The quantitative estimate of drug-likeness (QED) is 0.522. The van der Waals surface area contributed by atoms with Gasteiger partial charge in [-0.3, -0.25) is 14.5 Å². The van der Waals surface area contributed by atoms with Gasteiger partial charge in [0.15, 0.2) is 17.3 Å². The number of hydrogen-bond acceptors (Lipinski definition) is 6. The van der Waals surface area contributed by atoms with E-state index in [1.165, 1.54) is 0 Å².